The summed E-state index contributed by atoms with van der Waals surface area (Å²) in [5.41, 5.74) is 2.75. The summed E-state index contributed by atoms with van der Waals surface area (Å²) in [5, 5.41) is 2.78. The number of benzene rings is 2. The molecule has 3 rings (SSSR count). The van der Waals surface area contributed by atoms with E-state index in [4.69, 9.17) is 0 Å². The van der Waals surface area contributed by atoms with Crippen molar-refractivity contribution in [2.24, 2.45) is 0 Å². The molecule has 2 N–H and O–H groups in total. The second kappa shape index (κ2) is 6.32. The average molecular weight is 304 g/mol. The molecule has 1 amide bonds. The molecule has 3 aromatic rings. The molecule has 0 aliphatic heterocycles. The van der Waals surface area contributed by atoms with E-state index in [1.54, 1.807) is 30.3 Å². The number of anilines is 1. The molecule has 0 atom stereocenters. The van der Waals surface area contributed by atoms with Gasteiger partial charge in [0.2, 0.25) is 0 Å². The molecule has 4 heteroatoms. The van der Waals surface area contributed by atoms with Gasteiger partial charge in [-0.2, -0.15) is 0 Å². The normalized spacial score (nSPS) is 10.3. The summed E-state index contributed by atoms with van der Waals surface area (Å²) in [5.74, 6) is 0.0616. The van der Waals surface area contributed by atoms with Gasteiger partial charge < -0.3 is 10.3 Å². The van der Waals surface area contributed by atoms with Crippen LogP contribution in [0.3, 0.4) is 0 Å². The van der Waals surface area contributed by atoms with Gasteiger partial charge in [0.1, 0.15) is 5.82 Å². The third-order valence-corrected chi connectivity index (χ3v) is 3.56. The highest BCUT2D eigenvalue weighted by Crippen LogP contribution is 2.25. The Bertz CT molecular complexity index is 836. The van der Waals surface area contributed by atoms with Crippen LogP contribution in [0.2, 0.25) is 0 Å². The smallest absolute Gasteiger partial charge is 0.256 e. The van der Waals surface area contributed by atoms with Crippen LogP contribution in [0, 0.1) is 0 Å². The molecule has 0 spiro atoms. The van der Waals surface area contributed by atoms with Gasteiger partial charge in [0, 0.05) is 11.3 Å². The highest BCUT2D eigenvalue weighted by molar-refractivity contribution is 6.09. The van der Waals surface area contributed by atoms with E-state index >= 15 is 0 Å². The summed E-state index contributed by atoms with van der Waals surface area (Å²) in [6.45, 7) is 1.48. The van der Waals surface area contributed by atoms with E-state index in [2.05, 4.69) is 10.3 Å². The Hall–Kier alpha value is -3.14. The van der Waals surface area contributed by atoms with E-state index in [1.165, 1.54) is 6.92 Å². The number of ketones is 1. The lowest BCUT2D eigenvalue weighted by atomic mass is 10.1. The topological polar surface area (TPSA) is 62.0 Å². The van der Waals surface area contributed by atoms with Crippen molar-refractivity contribution in [3.63, 3.8) is 0 Å². The van der Waals surface area contributed by atoms with Gasteiger partial charge in [-0.25, -0.2) is 0 Å². The molecule has 0 aliphatic rings. The number of aromatic amines is 1. The van der Waals surface area contributed by atoms with E-state index in [0.29, 0.717) is 16.9 Å². The van der Waals surface area contributed by atoms with Gasteiger partial charge in [0.15, 0.2) is 5.78 Å². The summed E-state index contributed by atoms with van der Waals surface area (Å²) < 4.78 is 0. The van der Waals surface area contributed by atoms with Gasteiger partial charge >= 0.3 is 0 Å². The minimum Gasteiger partial charge on any atom is -0.341 e. The zero-order chi connectivity index (χ0) is 16.2. The third kappa shape index (κ3) is 3.21. The van der Waals surface area contributed by atoms with Crippen LogP contribution in [0.5, 0.6) is 0 Å². The molecule has 0 fully saturated rings. The highest BCUT2D eigenvalue weighted by atomic mass is 16.2. The minimum absolute atomic E-state index is 0.105. The number of carbonyl (C=O) groups excluding carboxylic acids is 2. The Morgan fingerprint density at radius 3 is 2.13 bits per heavy atom. The summed E-state index contributed by atoms with van der Waals surface area (Å²) in [4.78, 5) is 27.3. The van der Waals surface area contributed by atoms with Crippen molar-refractivity contribution in [1.29, 1.82) is 0 Å². The second-order valence-electron chi connectivity index (χ2n) is 5.21. The second-order valence-corrected chi connectivity index (χ2v) is 5.21. The Kier molecular flexibility index (Phi) is 4.06. The molecule has 1 heterocycles. The molecule has 0 bridgehead atoms. The first-order valence-corrected chi connectivity index (χ1v) is 7.31. The van der Waals surface area contributed by atoms with Gasteiger partial charge in [-0.15, -0.1) is 0 Å². The van der Waals surface area contributed by atoms with Crippen molar-refractivity contribution >= 4 is 17.5 Å². The fourth-order valence-corrected chi connectivity index (χ4v) is 2.38. The van der Waals surface area contributed by atoms with Crippen LogP contribution in [-0.4, -0.2) is 16.7 Å². The average Bonchev–Trinajstić information content (AvgIpc) is 3.00. The van der Waals surface area contributed by atoms with E-state index in [-0.39, 0.29) is 11.7 Å². The number of Topliss-reactive ketones (excluding diaryl/α,β-unsaturated/α-hetero) is 1. The summed E-state index contributed by atoms with van der Waals surface area (Å²) in [6, 6.07) is 20.3. The number of carbonyl (C=O) groups is 2. The molecule has 1 aromatic heterocycles. The van der Waals surface area contributed by atoms with Crippen LogP contribution in [-0.2, 0) is 0 Å². The first kappa shape index (κ1) is 14.8. The zero-order valence-corrected chi connectivity index (χ0v) is 12.7. The van der Waals surface area contributed by atoms with Gasteiger partial charge in [-0.05, 0) is 30.7 Å². The van der Waals surface area contributed by atoms with E-state index in [1.807, 2.05) is 36.4 Å². The SMILES string of the molecule is CC(=O)c1cc(-c2ccccc2)[nH]c1NC(=O)c1ccccc1. The summed E-state index contributed by atoms with van der Waals surface area (Å²) in [7, 11) is 0. The van der Waals surface area contributed by atoms with Crippen LogP contribution >= 0.6 is 0 Å². The molecule has 4 nitrogen and oxygen atoms in total. The number of rotatable bonds is 4. The number of hydrogen-bond donors (Lipinski definition) is 2. The maximum Gasteiger partial charge on any atom is 0.256 e. The van der Waals surface area contributed by atoms with Crippen molar-refractivity contribution < 1.29 is 9.59 Å². The van der Waals surface area contributed by atoms with Crippen molar-refractivity contribution in [1.82, 2.24) is 4.98 Å². The fraction of sp³-hybridized carbons (Fsp3) is 0.0526. The van der Waals surface area contributed by atoms with Crippen LogP contribution in [0.15, 0.2) is 66.7 Å². The zero-order valence-electron chi connectivity index (χ0n) is 12.7. The fourth-order valence-electron chi connectivity index (χ4n) is 2.38. The molecule has 0 aliphatic carbocycles. The maximum atomic E-state index is 12.3. The number of nitrogens with one attached hydrogen (secondary N) is 2. The summed E-state index contributed by atoms with van der Waals surface area (Å²) >= 11 is 0. The van der Waals surface area contributed by atoms with E-state index < -0.39 is 0 Å². The van der Waals surface area contributed by atoms with E-state index in [0.717, 1.165) is 11.3 Å². The molecule has 0 unspecified atom stereocenters. The number of amides is 1. The molecule has 0 saturated heterocycles. The standard InChI is InChI=1S/C19H16N2O2/c1-13(22)16-12-17(14-8-4-2-5-9-14)20-18(16)21-19(23)15-10-6-3-7-11-15/h2-12,20H,1H3,(H,21,23). The van der Waals surface area contributed by atoms with E-state index in [9.17, 15) is 9.59 Å². The summed E-state index contributed by atoms with van der Waals surface area (Å²) in [6.07, 6.45) is 0. The monoisotopic (exact) mass is 304 g/mol. The third-order valence-electron chi connectivity index (χ3n) is 3.56. The van der Waals surface area contributed by atoms with Crippen LogP contribution < -0.4 is 5.32 Å². The van der Waals surface area contributed by atoms with Crippen molar-refractivity contribution in [3.05, 3.63) is 77.9 Å². The molecule has 114 valence electrons. The van der Waals surface area contributed by atoms with Crippen LogP contribution in [0.1, 0.15) is 27.6 Å². The van der Waals surface area contributed by atoms with Crippen molar-refractivity contribution in [2.75, 3.05) is 5.32 Å². The lowest BCUT2D eigenvalue weighted by molar-refractivity contribution is 0.101. The first-order chi connectivity index (χ1) is 11.1. The van der Waals surface area contributed by atoms with Gasteiger partial charge in [0.25, 0.3) is 5.91 Å². The molecule has 0 radical (unpaired) electrons. The highest BCUT2D eigenvalue weighted by Gasteiger charge is 2.16. The van der Waals surface area contributed by atoms with Crippen LogP contribution in [0.25, 0.3) is 11.3 Å². The minimum atomic E-state index is -0.255. The molecule has 23 heavy (non-hydrogen) atoms. The predicted molar refractivity (Wildman–Crippen MR) is 90.6 cm³/mol. The molecule has 2 aromatic carbocycles. The lowest BCUT2D eigenvalue weighted by Crippen LogP contribution is -2.13. The molecular formula is C19H16N2O2. The number of H-pyrrole nitrogens is 1. The molecular weight excluding hydrogens is 288 g/mol. The van der Waals surface area contributed by atoms with Gasteiger partial charge in [0.05, 0.1) is 5.56 Å². The number of hydrogen-bond acceptors (Lipinski definition) is 2. The van der Waals surface area contributed by atoms with Crippen molar-refractivity contribution in [3.8, 4) is 11.3 Å². The quantitative estimate of drug-likeness (QED) is 0.712. The Morgan fingerprint density at radius 1 is 0.913 bits per heavy atom. The lowest BCUT2D eigenvalue weighted by Gasteiger charge is -2.05. The maximum absolute atomic E-state index is 12.3. The first-order valence-electron chi connectivity index (χ1n) is 7.31. The number of aromatic nitrogens is 1. The predicted octanol–water partition coefficient (Wildman–Crippen LogP) is 4.14. The molecule has 0 saturated carbocycles. The van der Waals surface area contributed by atoms with Crippen molar-refractivity contribution in [2.45, 2.75) is 6.92 Å². The Balaban J connectivity index is 1.94. The van der Waals surface area contributed by atoms with Gasteiger partial charge in [-0.1, -0.05) is 48.5 Å². The Labute approximate surface area is 134 Å². The largest absolute Gasteiger partial charge is 0.341 e. The van der Waals surface area contributed by atoms with Gasteiger partial charge in [-0.3, -0.25) is 9.59 Å². The Morgan fingerprint density at radius 2 is 1.52 bits per heavy atom. The van der Waals surface area contributed by atoms with Crippen LogP contribution in [0.4, 0.5) is 5.82 Å².